The van der Waals surface area contributed by atoms with E-state index in [2.05, 4.69) is 0 Å². The van der Waals surface area contributed by atoms with Crippen LogP contribution in [0, 0.1) is 18.3 Å². The van der Waals surface area contributed by atoms with Crippen LogP contribution in [0.1, 0.15) is 39.7 Å². The van der Waals surface area contributed by atoms with E-state index in [0.717, 1.165) is 5.56 Å². The molecule has 0 fully saturated rings. The van der Waals surface area contributed by atoms with Crippen molar-refractivity contribution in [3.8, 4) is 0 Å². The van der Waals surface area contributed by atoms with Crippen molar-refractivity contribution in [1.29, 1.82) is 5.41 Å². The molecule has 1 N–H and O–H groups in total. The minimum Gasteiger partial charge on any atom is -0.455 e. The van der Waals surface area contributed by atoms with Crippen LogP contribution in [-0.4, -0.2) is 32.3 Å². The van der Waals surface area contributed by atoms with E-state index in [1.54, 1.807) is 39.8 Å². The summed E-state index contributed by atoms with van der Waals surface area (Å²) in [4.78, 5) is 12.0. The first-order valence-corrected chi connectivity index (χ1v) is 9.15. The third-order valence-corrected chi connectivity index (χ3v) is 4.55. The van der Waals surface area contributed by atoms with Gasteiger partial charge in [-0.1, -0.05) is 24.6 Å². The molecule has 1 aromatic rings. The summed E-state index contributed by atoms with van der Waals surface area (Å²) in [5, 5.41) is 7.92. The summed E-state index contributed by atoms with van der Waals surface area (Å²) in [5.41, 5.74) is -0.0603. The highest BCUT2D eigenvalue weighted by atomic mass is 32.2. The summed E-state index contributed by atoms with van der Waals surface area (Å²) in [6, 6.07) is 6.28. The first-order chi connectivity index (χ1) is 11.0. The number of hydrogen-bond acceptors (Lipinski definition) is 6. The van der Waals surface area contributed by atoms with Gasteiger partial charge in [0.05, 0.1) is 11.5 Å². The average Bonchev–Trinajstić information content (AvgIpc) is 2.46. The quantitative estimate of drug-likeness (QED) is 0.461. The Bertz CT molecular complexity index is 687. The van der Waals surface area contributed by atoms with E-state index in [1.807, 2.05) is 6.92 Å². The second-order valence-electron chi connectivity index (χ2n) is 6.57. The van der Waals surface area contributed by atoms with Gasteiger partial charge in [0.1, 0.15) is 11.3 Å². The second kappa shape index (κ2) is 7.90. The number of carbonyl (C=O) groups excluding carboxylic acids is 1. The lowest BCUT2D eigenvalue weighted by atomic mass is 10.0. The molecule has 6 nitrogen and oxygen atoms in total. The van der Waals surface area contributed by atoms with E-state index in [4.69, 9.17) is 14.3 Å². The van der Waals surface area contributed by atoms with Gasteiger partial charge in [-0.25, -0.2) is 4.79 Å². The molecule has 1 unspecified atom stereocenters. The summed E-state index contributed by atoms with van der Waals surface area (Å²) in [6.07, 6.45) is 0.390. The van der Waals surface area contributed by atoms with Gasteiger partial charge in [0.15, 0.2) is 0 Å². The van der Waals surface area contributed by atoms with E-state index >= 15 is 0 Å². The van der Waals surface area contributed by atoms with Crippen LogP contribution in [-0.2, 0) is 23.8 Å². The maximum atomic E-state index is 12.2. The maximum Gasteiger partial charge on any atom is 0.352 e. The highest BCUT2D eigenvalue weighted by Crippen LogP contribution is 2.17. The largest absolute Gasteiger partial charge is 0.455 e. The van der Waals surface area contributed by atoms with Crippen LogP contribution in [0.5, 0.6) is 0 Å². The van der Waals surface area contributed by atoms with Gasteiger partial charge in [-0.15, -0.1) is 0 Å². The Morgan fingerprint density at radius 3 is 2.21 bits per heavy atom. The van der Waals surface area contributed by atoms with Crippen molar-refractivity contribution >= 4 is 21.8 Å². The van der Waals surface area contributed by atoms with Crippen molar-refractivity contribution in [2.24, 2.45) is 5.92 Å². The number of hydrogen-bond donors (Lipinski definition) is 1. The molecule has 1 atom stereocenters. The Hall–Kier alpha value is -1.73. The van der Waals surface area contributed by atoms with Crippen molar-refractivity contribution in [2.75, 3.05) is 6.61 Å². The lowest BCUT2D eigenvalue weighted by Crippen LogP contribution is -2.34. The van der Waals surface area contributed by atoms with E-state index in [9.17, 15) is 13.2 Å². The molecule has 0 saturated heterocycles. The molecular weight excluding hydrogens is 330 g/mol. The molecule has 0 radical (unpaired) electrons. The number of nitrogens with one attached hydrogen (secondary N) is 1. The summed E-state index contributed by atoms with van der Waals surface area (Å²) in [5.74, 6) is -1.41. The molecule has 0 aliphatic carbocycles. The molecule has 7 heteroatoms. The fourth-order valence-corrected chi connectivity index (χ4v) is 2.80. The number of carbonyl (C=O) groups is 1. The zero-order valence-electron chi connectivity index (χ0n) is 14.8. The third-order valence-electron chi connectivity index (χ3n) is 3.25. The SMILES string of the molecule is CCC(COS(=O)(=O)c1ccc(C)cc1)C(=N)C(=O)OC(C)(C)C. The van der Waals surface area contributed by atoms with Crippen LogP contribution in [0.3, 0.4) is 0 Å². The second-order valence-corrected chi connectivity index (χ2v) is 8.19. The monoisotopic (exact) mass is 355 g/mol. The lowest BCUT2D eigenvalue weighted by Gasteiger charge is -2.22. The molecular formula is C17H25NO5S. The maximum absolute atomic E-state index is 12.2. The van der Waals surface area contributed by atoms with Crippen LogP contribution in [0.15, 0.2) is 29.2 Å². The topological polar surface area (TPSA) is 93.5 Å². The summed E-state index contributed by atoms with van der Waals surface area (Å²) in [6.45, 7) is 8.45. The van der Waals surface area contributed by atoms with Gasteiger partial charge in [-0.2, -0.15) is 8.42 Å². The highest BCUT2D eigenvalue weighted by molar-refractivity contribution is 7.86. The number of ether oxygens (including phenoxy) is 1. The predicted molar refractivity (Wildman–Crippen MR) is 91.7 cm³/mol. The Labute approximate surface area is 143 Å². The average molecular weight is 355 g/mol. The fourth-order valence-electron chi connectivity index (χ4n) is 1.85. The number of rotatable bonds is 7. The molecule has 0 bridgehead atoms. The van der Waals surface area contributed by atoms with E-state index in [1.165, 1.54) is 12.1 Å². The molecule has 0 aliphatic heterocycles. The van der Waals surface area contributed by atoms with Crippen molar-refractivity contribution in [2.45, 2.75) is 51.5 Å². The normalized spacial score (nSPS) is 13.4. The van der Waals surface area contributed by atoms with Gasteiger partial charge in [-0.05, 0) is 46.2 Å². The number of benzene rings is 1. The summed E-state index contributed by atoms with van der Waals surface area (Å²) in [7, 11) is -3.93. The Balaban J connectivity index is 2.77. The van der Waals surface area contributed by atoms with Crippen molar-refractivity contribution in [3.63, 3.8) is 0 Å². The van der Waals surface area contributed by atoms with Crippen LogP contribution < -0.4 is 0 Å². The van der Waals surface area contributed by atoms with E-state index in [0.29, 0.717) is 6.42 Å². The van der Waals surface area contributed by atoms with E-state index in [-0.39, 0.29) is 17.2 Å². The molecule has 134 valence electrons. The molecule has 0 heterocycles. The number of esters is 1. The molecule has 1 rings (SSSR count). The van der Waals surface area contributed by atoms with Gasteiger partial charge < -0.3 is 4.74 Å². The van der Waals surface area contributed by atoms with Crippen molar-refractivity contribution in [3.05, 3.63) is 29.8 Å². The van der Waals surface area contributed by atoms with Crippen LogP contribution in [0.2, 0.25) is 0 Å². The Morgan fingerprint density at radius 2 is 1.75 bits per heavy atom. The standard InChI is InChI=1S/C17H25NO5S/c1-6-13(15(18)16(19)23-17(3,4)5)11-22-24(20,21)14-9-7-12(2)8-10-14/h7-10,13,18H,6,11H2,1-5H3. The third kappa shape index (κ3) is 6.05. The highest BCUT2D eigenvalue weighted by Gasteiger charge is 2.27. The fraction of sp³-hybridized carbons (Fsp3) is 0.529. The van der Waals surface area contributed by atoms with Crippen LogP contribution in [0.25, 0.3) is 0 Å². The zero-order valence-corrected chi connectivity index (χ0v) is 15.6. The number of aryl methyl sites for hydroxylation is 1. The molecule has 0 amide bonds. The molecule has 24 heavy (non-hydrogen) atoms. The van der Waals surface area contributed by atoms with Crippen LogP contribution >= 0.6 is 0 Å². The minimum absolute atomic E-state index is 0.0479. The van der Waals surface area contributed by atoms with Gasteiger partial charge in [0, 0.05) is 5.92 Å². The van der Waals surface area contributed by atoms with E-state index < -0.39 is 27.6 Å². The summed E-state index contributed by atoms with van der Waals surface area (Å²) < 4.78 is 34.5. The van der Waals surface area contributed by atoms with Crippen LogP contribution in [0.4, 0.5) is 0 Å². The molecule has 0 spiro atoms. The lowest BCUT2D eigenvalue weighted by molar-refractivity contribution is -0.146. The first-order valence-electron chi connectivity index (χ1n) is 7.74. The zero-order chi connectivity index (χ0) is 18.5. The van der Waals surface area contributed by atoms with Crippen molar-refractivity contribution < 1.29 is 22.1 Å². The van der Waals surface area contributed by atoms with Gasteiger partial charge in [0.25, 0.3) is 10.1 Å². The Morgan fingerprint density at radius 1 is 1.21 bits per heavy atom. The smallest absolute Gasteiger partial charge is 0.352 e. The van der Waals surface area contributed by atoms with Gasteiger partial charge in [-0.3, -0.25) is 9.59 Å². The predicted octanol–water partition coefficient (Wildman–Crippen LogP) is 3.09. The molecule has 0 aromatic heterocycles. The van der Waals surface area contributed by atoms with Crippen molar-refractivity contribution in [1.82, 2.24) is 0 Å². The van der Waals surface area contributed by atoms with Gasteiger partial charge in [0.2, 0.25) is 0 Å². The first kappa shape index (κ1) is 20.3. The summed E-state index contributed by atoms with van der Waals surface area (Å²) >= 11 is 0. The molecule has 0 saturated carbocycles. The molecule has 1 aromatic carbocycles. The Kier molecular flexibility index (Phi) is 6.68. The van der Waals surface area contributed by atoms with Gasteiger partial charge >= 0.3 is 5.97 Å². The molecule has 0 aliphatic rings. The minimum atomic E-state index is -3.93.